The number of aliphatic hydroxyl groups excluding tert-OH is 2. The lowest BCUT2D eigenvalue weighted by Gasteiger charge is -2.24. The first-order valence-electron chi connectivity index (χ1n) is 10.1. The molecule has 1 saturated heterocycles. The summed E-state index contributed by atoms with van der Waals surface area (Å²) >= 11 is 6.09. The number of nitrogens with zero attached hydrogens (tertiary/aromatic N) is 4. The first kappa shape index (κ1) is 23.7. The van der Waals surface area contributed by atoms with Crippen LogP contribution in [0.15, 0.2) is 6.20 Å². The number of aliphatic hydroxyl groups is 2. The Morgan fingerprint density at radius 1 is 1.34 bits per heavy atom. The van der Waals surface area contributed by atoms with Crippen molar-refractivity contribution in [1.29, 1.82) is 0 Å². The number of hydrogen-bond donors (Lipinski definition) is 5. The van der Waals surface area contributed by atoms with Crippen molar-refractivity contribution in [2.24, 2.45) is 0 Å². The number of aromatic nitrogens is 4. The predicted molar refractivity (Wildman–Crippen MR) is 110 cm³/mol. The second kappa shape index (κ2) is 8.73. The first-order valence-corrected chi connectivity index (χ1v) is 12.0. The molecule has 2 fully saturated rings. The van der Waals surface area contributed by atoms with Crippen LogP contribution in [-0.4, -0.2) is 76.3 Å². The summed E-state index contributed by atoms with van der Waals surface area (Å²) in [6, 6.07) is 0.244. The minimum atomic E-state index is -5.23. The third kappa shape index (κ3) is 4.48. The summed E-state index contributed by atoms with van der Waals surface area (Å²) in [4.78, 5) is 26.4. The highest BCUT2D eigenvalue weighted by molar-refractivity contribution is 7.53. The van der Waals surface area contributed by atoms with E-state index in [-0.39, 0.29) is 17.0 Å². The van der Waals surface area contributed by atoms with E-state index in [4.69, 9.17) is 26.1 Å². The van der Waals surface area contributed by atoms with E-state index in [2.05, 4.69) is 25.1 Å². The molecule has 1 aliphatic heterocycles. The normalized spacial score (nSPS) is 29.0. The fraction of sp³-hybridized carbons (Fsp3) is 0.706. The van der Waals surface area contributed by atoms with Crippen LogP contribution in [0.2, 0.25) is 5.28 Å². The van der Waals surface area contributed by atoms with Crippen molar-refractivity contribution < 1.29 is 38.4 Å². The molecule has 0 radical (unpaired) electrons. The lowest BCUT2D eigenvalue weighted by atomic mass is 10.1. The molecule has 0 spiro atoms. The van der Waals surface area contributed by atoms with Crippen LogP contribution in [0.3, 0.4) is 0 Å². The molecule has 5 N–H and O–H groups in total. The van der Waals surface area contributed by atoms with Gasteiger partial charge in [-0.1, -0.05) is 12.8 Å². The van der Waals surface area contributed by atoms with Gasteiger partial charge in [0.05, 0.1) is 18.2 Å². The number of fused-ring (bicyclic) bond motifs is 1. The average Bonchev–Trinajstić information content (AvgIpc) is 3.41. The van der Waals surface area contributed by atoms with Crippen LogP contribution >= 0.6 is 19.2 Å². The monoisotopic (exact) mass is 495 g/mol. The molecule has 2 aromatic rings. The Balaban J connectivity index is 1.56. The van der Waals surface area contributed by atoms with Gasteiger partial charge >= 0.3 is 13.2 Å². The van der Waals surface area contributed by atoms with Gasteiger partial charge in [0.15, 0.2) is 11.9 Å². The molecule has 32 heavy (non-hydrogen) atoms. The Kier molecular flexibility index (Phi) is 6.47. The van der Waals surface area contributed by atoms with Crippen LogP contribution in [0.5, 0.6) is 0 Å². The number of ether oxygens (including phenoxy) is 2. The molecule has 0 amide bonds. The molecule has 0 bridgehead atoms. The molecule has 15 heteroatoms. The van der Waals surface area contributed by atoms with Crippen molar-refractivity contribution in [2.45, 2.75) is 68.8 Å². The van der Waals surface area contributed by atoms with Gasteiger partial charge < -0.3 is 34.8 Å². The zero-order chi connectivity index (χ0) is 23.3. The molecule has 5 atom stereocenters. The van der Waals surface area contributed by atoms with Crippen LogP contribution in [0.4, 0.5) is 10.2 Å². The summed E-state index contributed by atoms with van der Waals surface area (Å²) in [7, 11) is -5.23. The molecule has 0 aromatic carbocycles. The van der Waals surface area contributed by atoms with E-state index in [9.17, 15) is 19.2 Å². The van der Waals surface area contributed by atoms with E-state index in [1.54, 1.807) is 0 Å². The van der Waals surface area contributed by atoms with Crippen molar-refractivity contribution >= 4 is 36.0 Å². The van der Waals surface area contributed by atoms with Gasteiger partial charge in [-0.2, -0.15) is 19.5 Å². The van der Waals surface area contributed by atoms with E-state index in [1.807, 2.05) is 0 Å². The molecule has 1 unspecified atom stereocenters. The second-order valence-electron chi connectivity index (χ2n) is 8.06. The second-order valence-corrected chi connectivity index (χ2v) is 10.3. The van der Waals surface area contributed by atoms with Crippen LogP contribution in [0.1, 0.15) is 38.8 Å². The van der Waals surface area contributed by atoms with E-state index < -0.39 is 44.3 Å². The lowest BCUT2D eigenvalue weighted by Crippen LogP contribution is -2.36. The third-order valence-electron chi connectivity index (χ3n) is 5.73. The van der Waals surface area contributed by atoms with Crippen LogP contribution in [0.25, 0.3) is 11.0 Å². The molecule has 2 aliphatic rings. The van der Waals surface area contributed by atoms with Crippen LogP contribution in [-0.2, 0) is 14.0 Å². The molecule has 4 rings (SSSR count). The largest absolute Gasteiger partial charge is 0.389 e. The first-order chi connectivity index (χ1) is 15.0. The Morgan fingerprint density at radius 3 is 2.69 bits per heavy atom. The number of hydrogen-bond acceptors (Lipinski definition) is 9. The number of rotatable bonds is 7. The Labute approximate surface area is 186 Å². The van der Waals surface area contributed by atoms with Gasteiger partial charge in [-0.25, -0.2) is 4.68 Å². The van der Waals surface area contributed by atoms with Gasteiger partial charge in [0.25, 0.3) is 0 Å². The summed E-state index contributed by atoms with van der Waals surface area (Å²) in [5.41, 5.74) is -3.03. The van der Waals surface area contributed by atoms with E-state index in [0.29, 0.717) is 18.1 Å². The summed E-state index contributed by atoms with van der Waals surface area (Å²) in [5, 5.41) is 28.8. The van der Waals surface area contributed by atoms with Gasteiger partial charge in [-0.05, 0) is 24.4 Å². The number of alkyl halides is 1. The average molecular weight is 496 g/mol. The van der Waals surface area contributed by atoms with E-state index in [0.717, 1.165) is 25.7 Å². The van der Waals surface area contributed by atoms with E-state index >= 15 is 0 Å². The van der Waals surface area contributed by atoms with Crippen molar-refractivity contribution in [3.8, 4) is 0 Å². The third-order valence-corrected chi connectivity index (χ3v) is 7.07. The minimum absolute atomic E-state index is 0.0532. The van der Waals surface area contributed by atoms with E-state index in [1.165, 1.54) is 10.9 Å². The highest BCUT2D eigenvalue weighted by Gasteiger charge is 2.49. The lowest BCUT2D eigenvalue weighted by molar-refractivity contribution is -0.134. The summed E-state index contributed by atoms with van der Waals surface area (Å²) in [6.07, 6.45) is 0.126. The van der Waals surface area contributed by atoms with Gasteiger partial charge in [0.2, 0.25) is 5.28 Å². The van der Waals surface area contributed by atoms with Crippen LogP contribution < -0.4 is 5.32 Å². The summed E-state index contributed by atoms with van der Waals surface area (Å²) < 4.78 is 36.7. The SMILES string of the molecule is CC(F)(OC[C@H]1O[C@@H](n2ncc3c(NC4CCCC4)nc(Cl)nc32)[C@H](O)[C@@H]1O)P(=O)(O)O. The Morgan fingerprint density at radius 2 is 2.03 bits per heavy atom. The molecule has 2 aromatic heterocycles. The minimum Gasteiger partial charge on any atom is -0.387 e. The standard InChI is InChI=1S/C17H24ClFN5O7P/c1-17(19,32(27,28)29)30-7-10-11(25)12(26)15(31-10)24-14-9(6-20-24)13(22-16(18)23-14)21-8-4-2-3-5-8/h6,8,10-12,15,25-26H,2-5,7H2,1H3,(H,21,22,23)(H2,27,28,29)/t10-,11-,12-,15-,17?/m1/s1. The summed E-state index contributed by atoms with van der Waals surface area (Å²) in [5.74, 6) is 0.487. The van der Waals surface area contributed by atoms with Gasteiger partial charge in [0, 0.05) is 13.0 Å². The van der Waals surface area contributed by atoms with Gasteiger partial charge in [-0.15, -0.1) is 0 Å². The maximum atomic E-state index is 14.1. The van der Waals surface area contributed by atoms with Crippen molar-refractivity contribution in [3.63, 3.8) is 0 Å². The number of nitrogens with one attached hydrogen (secondary N) is 1. The predicted octanol–water partition coefficient (Wildman–Crippen LogP) is 1.29. The highest BCUT2D eigenvalue weighted by atomic mass is 35.5. The Bertz CT molecular complexity index is 1030. The topological polar surface area (TPSA) is 172 Å². The Hall–Kier alpha value is -1.44. The molecule has 3 heterocycles. The van der Waals surface area contributed by atoms with Crippen molar-refractivity contribution in [2.75, 3.05) is 11.9 Å². The highest BCUT2D eigenvalue weighted by Crippen LogP contribution is 2.52. The number of anilines is 1. The molecule has 12 nitrogen and oxygen atoms in total. The van der Waals surface area contributed by atoms with Gasteiger partial charge in [-0.3, -0.25) is 4.57 Å². The maximum absolute atomic E-state index is 14.1. The van der Waals surface area contributed by atoms with Crippen LogP contribution in [0, 0.1) is 0 Å². The van der Waals surface area contributed by atoms with Gasteiger partial charge in [0.1, 0.15) is 24.1 Å². The molecular formula is C17H24ClFN5O7P. The maximum Gasteiger partial charge on any atom is 0.389 e. The fourth-order valence-electron chi connectivity index (χ4n) is 3.85. The van der Waals surface area contributed by atoms with Crippen molar-refractivity contribution in [1.82, 2.24) is 19.7 Å². The molecule has 1 aliphatic carbocycles. The quantitative estimate of drug-likeness (QED) is 0.277. The zero-order valence-electron chi connectivity index (χ0n) is 17.0. The molecular weight excluding hydrogens is 472 g/mol. The fourth-order valence-corrected chi connectivity index (χ4v) is 4.25. The van der Waals surface area contributed by atoms with Crippen molar-refractivity contribution in [3.05, 3.63) is 11.5 Å². The summed E-state index contributed by atoms with van der Waals surface area (Å²) in [6.45, 7) is -0.155. The molecule has 1 saturated carbocycles. The smallest absolute Gasteiger partial charge is 0.387 e. The zero-order valence-corrected chi connectivity index (χ0v) is 18.7. The molecule has 178 valence electrons. The number of halogens is 2.